The molecule has 0 fully saturated rings. The fourth-order valence-electron chi connectivity index (χ4n) is 1.81. The number of nitrogens with one attached hydrogen (secondary N) is 2. The summed E-state index contributed by atoms with van der Waals surface area (Å²) in [4.78, 5) is 11.6. The summed E-state index contributed by atoms with van der Waals surface area (Å²) in [5, 5.41) is 5.50. The first-order chi connectivity index (χ1) is 9.75. The van der Waals surface area contributed by atoms with Gasteiger partial charge in [0.05, 0.1) is 0 Å². The van der Waals surface area contributed by atoms with E-state index in [9.17, 15) is 4.79 Å². The van der Waals surface area contributed by atoms with E-state index in [0.29, 0.717) is 6.54 Å². The molecule has 3 nitrogen and oxygen atoms in total. The van der Waals surface area contributed by atoms with E-state index in [0.717, 1.165) is 11.1 Å². The van der Waals surface area contributed by atoms with Crippen LogP contribution in [0.15, 0.2) is 60.8 Å². The molecule has 0 aromatic heterocycles. The average molecular weight is 266 g/mol. The lowest BCUT2D eigenvalue weighted by molar-refractivity contribution is 0.244. The molecule has 0 atom stereocenters. The minimum atomic E-state index is -0.210. The van der Waals surface area contributed by atoms with E-state index in [1.54, 1.807) is 6.20 Å². The fraction of sp³-hybridized carbons (Fsp3) is 0.118. The van der Waals surface area contributed by atoms with Crippen LogP contribution in [-0.2, 0) is 6.54 Å². The predicted octanol–water partition coefficient (Wildman–Crippen LogP) is 3.47. The smallest absolute Gasteiger partial charge is 0.319 e. The number of carbonyl (C=O) groups is 1. The van der Waals surface area contributed by atoms with Gasteiger partial charge in [0, 0.05) is 12.7 Å². The molecule has 0 saturated heterocycles. The first-order valence-corrected chi connectivity index (χ1v) is 6.56. The van der Waals surface area contributed by atoms with E-state index in [1.165, 1.54) is 5.56 Å². The summed E-state index contributed by atoms with van der Waals surface area (Å²) in [5.74, 6) is 0. The number of rotatable bonds is 4. The molecule has 0 unspecified atom stereocenters. The van der Waals surface area contributed by atoms with Crippen LogP contribution in [0, 0.1) is 6.92 Å². The summed E-state index contributed by atoms with van der Waals surface area (Å²) in [6, 6.07) is 17.6. The van der Waals surface area contributed by atoms with Crippen molar-refractivity contribution in [2.24, 2.45) is 0 Å². The molecular formula is C17H18N2O. The van der Waals surface area contributed by atoms with Gasteiger partial charge in [-0.15, -0.1) is 0 Å². The summed E-state index contributed by atoms with van der Waals surface area (Å²) >= 11 is 0. The van der Waals surface area contributed by atoms with Crippen LogP contribution in [0.5, 0.6) is 0 Å². The van der Waals surface area contributed by atoms with Crippen LogP contribution in [0.25, 0.3) is 6.08 Å². The normalized spacial score (nSPS) is 10.4. The van der Waals surface area contributed by atoms with E-state index in [-0.39, 0.29) is 6.03 Å². The summed E-state index contributed by atoms with van der Waals surface area (Å²) < 4.78 is 0. The first kappa shape index (κ1) is 13.9. The minimum absolute atomic E-state index is 0.210. The van der Waals surface area contributed by atoms with Gasteiger partial charge < -0.3 is 10.6 Å². The van der Waals surface area contributed by atoms with Crippen molar-refractivity contribution in [2.45, 2.75) is 13.5 Å². The second-order valence-electron chi connectivity index (χ2n) is 4.50. The number of benzene rings is 2. The number of hydrogen-bond donors (Lipinski definition) is 2. The Labute approximate surface area is 119 Å². The molecule has 0 aliphatic rings. The number of urea groups is 1. The summed E-state index contributed by atoms with van der Waals surface area (Å²) in [6.07, 6.45) is 3.54. The van der Waals surface area contributed by atoms with Crippen molar-refractivity contribution in [3.8, 4) is 0 Å². The van der Waals surface area contributed by atoms with E-state index in [2.05, 4.69) is 10.6 Å². The van der Waals surface area contributed by atoms with Crippen molar-refractivity contribution >= 4 is 12.1 Å². The second kappa shape index (κ2) is 7.14. The SMILES string of the molecule is Cc1ccccc1/C=C/NC(=O)NCc1ccccc1. The van der Waals surface area contributed by atoms with Gasteiger partial charge in [0.25, 0.3) is 0 Å². The van der Waals surface area contributed by atoms with Crippen LogP contribution in [-0.4, -0.2) is 6.03 Å². The Bertz CT molecular complexity index is 591. The van der Waals surface area contributed by atoms with Crippen molar-refractivity contribution in [1.29, 1.82) is 0 Å². The molecule has 0 bridgehead atoms. The van der Waals surface area contributed by atoms with Crippen molar-refractivity contribution in [2.75, 3.05) is 0 Å². The average Bonchev–Trinajstić information content (AvgIpc) is 2.48. The van der Waals surface area contributed by atoms with E-state index < -0.39 is 0 Å². The fourth-order valence-corrected chi connectivity index (χ4v) is 1.81. The molecule has 20 heavy (non-hydrogen) atoms. The maximum absolute atomic E-state index is 11.6. The van der Waals surface area contributed by atoms with Crippen LogP contribution in [0.1, 0.15) is 16.7 Å². The quantitative estimate of drug-likeness (QED) is 0.874. The van der Waals surface area contributed by atoms with Crippen LogP contribution in [0.4, 0.5) is 4.79 Å². The predicted molar refractivity (Wildman–Crippen MR) is 82.0 cm³/mol. The Morgan fingerprint density at radius 1 is 1.05 bits per heavy atom. The molecule has 2 aromatic rings. The lowest BCUT2D eigenvalue weighted by atomic mass is 10.1. The largest absolute Gasteiger partial charge is 0.334 e. The van der Waals surface area contributed by atoms with Crippen LogP contribution < -0.4 is 10.6 Å². The zero-order chi connectivity index (χ0) is 14.2. The van der Waals surface area contributed by atoms with Gasteiger partial charge in [-0.05, 0) is 29.7 Å². The zero-order valence-electron chi connectivity index (χ0n) is 11.5. The molecule has 0 saturated carbocycles. The van der Waals surface area contributed by atoms with Crippen molar-refractivity contribution in [3.05, 3.63) is 77.5 Å². The van der Waals surface area contributed by atoms with E-state index in [4.69, 9.17) is 0 Å². The zero-order valence-corrected chi connectivity index (χ0v) is 11.5. The second-order valence-corrected chi connectivity index (χ2v) is 4.50. The monoisotopic (exact) mass is 266 g/mol. The minimum Gasteiger partial charge on any atom is -0.334 e. The van der Waals surface area contributed by atoms with Gasteiger partial charge in [0.15, 0.2) is 0 Å². The standard InChI is InChI=1S/C17H18N2O/c1-14-7-5-6-10-16(14)11-12-18-17(20)19-13-15-8-3-2-4-9-15/h2-12H,13H2,1H3,(H2,18,19,20)/b12-11+. The van der Waals surface area contributed by atoms with Crippen molar-refractivity contribution < 1.29 is 4.79 Å². The molecule has 3 heteroatoms. The molecule has 2 amide bonds. The Kier molecular flexibility index (Phi) is 4.95. The van der Waals surface area contributed by atoms with E-state index >= 15 is 0 Å². The molecular weight excluding hydrogens is 248 g/mol. The molecule has 0 aliphatic carbocycles. The highest BCUT2D eigenvalue weighted by Crippen LogP contribution is 2.07. The van der Waals surface area contributed by atoms with Gasteiger partial charge >= 0.3 is 6.03 Å². The maximum atomic E-state index is 11.6. The molecule has 0 radical (unpaired) electrons. The van der Waals surface area contributed by atoms with Crippen molar-refractivity contribution in [1.82, 2.24) is 10.6 Å². The first-order valence-electron chi connectivity index (χ1n) is 6.56. The third-order valence-corrected chi connectivity index (χ3v) is 2.96. The molecule has 2 rings (SSSR count). The van der Waals surface area contributed by atoms with Gasteiger partial charge in [-0.25, -0.2) is 4.79 Å². The highest BCUT2D eigenvalue weighted by atomic mass is 16.2. The number of amides is 2. The summed E-state index contributed by atoms with van der Waals surface area (Å²) in [7, 11) is 0. The number of aryl methyl sites for hydroxylation is 1. The number of hydrogen-bond acceptors (Lipinski definition) is 1. The number of carbonyl (C=O) groups excluding carboxylic acids is 1. The Morgan fingerprint density at radius 3 is 2.50 bits per heavy atom. The highest BCUT2D eigenvalue weighted by Gasteiger charge is 1.97. The molecule has 0 spiro atoms. The molecule has 0 heterocycles. The summed E-state index contributed by atoms with van der Waals surface area (Å²) in [6.45, 7) is 2.56. The van der Waals surface area contributed by atoms with Crippen LogP contribution >= 0.6 is 0 Å². The van der Waals surface area contributed by atoms with Gasteiger partial charge in [0.1, 0.15) is 0 Å². The third kappa shape index (κ3) is 4.28. The van der Waals surface area contributed by atoms with E-state index in [1.807, 2.05) is 67.6 Å². The van der Waals surface area contributed by atoms with Crippen molar-refractivity contribution in [3.63, 3.8) is 0 Å². The molecule has 2 N–H and O–H groups in total. The maximum Gasteiger partial charge on any atom is 0.319 e. The topological polar surface area (TPSA) is 41.1 Å². The highest BCUT2D eigenvalue weighted by molar-refractivity contribution is 5.76. The Hall–Kier alpha value is -2.55. The summed E-state index contributed by atoms with van der Waals surface area (Å²) in [5.41, 5.74) is 3.34. The molecule has 0 aliphatic heterocycles. The van der Waals surface area contributed by atoms with Crippen LogP contribution in [0.2, 0.25) is 0 Å². The lowest BCUT2D eigenvalue weighted by Crippen LogP contribution is -2.31. The van der Waals surface area contributed by atoms with Gasteiger partial charge in [-0.2, -0.15) is 0 Å². The van der Waals surface area contributed by atoms with Gasteiger partial charge in [-0.1, -0.05) is 54.6 Å². The van der Waals surface area contributed by atoms with Crippen LogP contribution in [0.3, 0.4) is 0 Å². The lowest BCUT2D eigenvalue weighted by Gasteiger charge is -2.04. The third-order valence-electron chi connectivity index (χ3n) is 2.96. The Morgan fingerprint density at radius 2 is 1.75 bits per heavy atom. The van der Waals surface area contributed by atoms with Gasteiger partial charge in [0.2, 0.25) is 0 Å². The Balaban J connectivity index is 1.79. The molecule has 2 aromatic carbocycles. The molecule has 102 valence electrons. The van der Waals surface area contributed by atoms with Gasteiger partial charge in [-0.3, -0.25) is 0 Å².